The van der Waals surface area contributed by atoms with Crippen molar-refractivity contribution in [3.05, 3.63) is 59.7 Å². The largest absolute Gasteiger partial charge is 1.00 e. The Hall–Kier alpha value is -1.43. The minimum absolute atomic E-state index is 0. The van der Waals surface area contributed by atoms with E-state index >= 15 is 0 Å². The maximum atomic E-state index is 10.6. The van der Waals surface area contributed by atoms with E-state index in [4.69, 9.17) is 0 Å². The summed E-state index contributed by atoms with van der Waals surface area (Å²) in [6.45, 7) is 0. The molecule has 0 bridgehead atoms. The SMILES string of the molecule is O=C([O-])c1ccc(-c2ccc(C(=O)[O-])cc2)cc1.[Li+].[Li+]. The predicted octanol–water partition coefficient (Wildman–Crippen LogP) is -5.91. The molecule has 0 fully saturated rings. The Labute approximate surface area is 140 Å². The van der Waals surface area contributed by atoms with Crippen LogP contribution >= 0.6 is 0 Å². The molecule has 0 heterocycles. The number of carbonyl (C=O) groups excluding carboxylic acids is 2. The first-order valence-electron chi connectivity index (χ1n) is 5.21. The van der Waals surface area contributed by atoms with Gasteiger partial charge in [0.05, 0.1) is 11.9 Å². The number of benzene rings is 2. The van der Waals surface area contributed by atoms with E-state index in [0.29, 0.717) is 0 Å². The molecular weight excluding hydrogens is 246 g/mol. The summed E-state index contributed by atoms with van der Waals surface area (Å²) in [6, 6.07) is 12.3. The Balaban J connectivity index is 0.00000180. The topological polar surface area (TPSA) is 80.3 Å². The maximum Gasteiger partial charge on any atom is 1.00 e. The van der Waals surface area contributed by atoms with Crippen LogP contribution in [-0.4, -0.2) is 11.9 Å². The average Bonchev–Trinajstić information content (AvgIpc) is 2.39. The summed E-state index contributed by atoms with van der Waals surface area (Å²) in [7, 11) is 0. The molecule has 0 aliphatic carbocycles. The molecule has 0 N–H and O–H groups in total. The number of rotatable bonds is 3. The molecule has 6 heteroatoms. The molecule has 2 aromatic carbocycles. The van der Waals surface area contributed by atoms with Crippen LogP contribution in [-0.2, 0) is 0 Å². The number of hydrogen-bond acceptors (Lipinski definition) is 4. The summed E-state index contributed by atoms with van der Waals surface area (Å²) in [4.78, 5) is 21.2. The average molecular weight is 254 g/mol. The van der Waals surface area contributed by atoms with Gasteiger partial charge in [-0.3, -0.25) is 0 Å². The van der Waals surface area contributed by atoms with E-state index in [2.05, 4.69) is 0 Å². The van der Waals surface area contributed by atoms with Gasteiger partial charge in [-0.15, -0.1) is 0 Å². The summed E-state index contributed by atoms with van der Waals surface area (Å²) in [6.07, 6.45) is 0. The molecular formula is C14H8Li2O4. The van der Waals surface area contributed by atoms with Gasteiger partial charge in [0.25, 0.3) is 0 Å². The van der Waals surface area contributed by atoms with Crippen molar-refractivity contribution in [2.45, 2.75) is 0 Å². The van der Waals surface area contributed by atoms with Crippen molar-refractivity contribution in [2.75, 3.05) is 0 Å². The van der Waals surface area contributed by atoms with Crippen molar-refractivity contribution in [3.8, 4) is 11.1 Å². The van der Waals surface area contributed by atoms with Crippen molar-refractivity contribution in [1.82, 2.24) is 0 Å². The van der Waals surface area contributed by atoms with Gasteiger partial charge in [0, 0.05) is 0 Å². The van der Waals surface area contributed by atoms with Gasteiger partial charge >= 0.3 is 37.7 Å². The first-order valence-corrected chi connectivity index (χ1v) is 5.21. The van der Waals surface area contributed by atoms with Crippen LogP contribution in [0.5, 0.6) is 0 Å². The van der Waals surface area contributed by atoms with Gasteiger partial charge in [-0.2, -0.15) is 0 Å². The van der Waals surface area contributed by atoms with E-state index in [1.165, 1.54) is 24.3 Å². The normalized spacial score (nSPS) is 9.00. The second kappa shape index (κ2) is 7.99. The fourth-order valence-electron chi connectivity index (χ4n) is 1.60. The monoisotopic (exact) mass is 254 g/mol. The minimum Gasteiger partial charge on any atom is -0.545 e. The van der Waals surface area contributed by atoms with Crippen LogP contribution in [0.25, 0.3) is 11.1 Å². The zero-order valence-corrected chi connectivity index (χ0v) is 11.3. The van der Waals surface area contributed by atoms with Gasteiger partial charge in [0.1, 0.15) is 0 Å². The first kappa shape index (κ1) is 18.6. The van der Waals surface area contributed by atoms with Gasteiger partial charge in [-0.25, -0.2) is 0 Å². The molecule has 0 aromatic heterocycles. The molecule has 0 spiro atoms. The number of carbonyl (C=O) groups is 2. The van der Waals surface area contributed by atoms with Gasteiger partial charge in [-0.05, 0) is 22.3 Å². The number of hydrogen-bond donors (Lipinski definition) is 0. The second-order valence-corrected chi connectivity index (χ2v) is 3.73. The maximum absolute atomic E-state index is 10.6. The molecule has 0 saturated carbocycles. The van der Waals surface area contributed by atoms with E-state index in [1.807, 2.05) is 0 Å². The summed E-state index contributed by atoms with van der Waals surface area (Å²) < 4.78 is 0. The molecule has 0 saturated heterocycles. The van der Waals surface area contributed by atoms with E-state index in [-0.39, 0.29) is 48.8 Å². The van der Waals surface area contributed by atoms with E-state index < -0.39 is 11.9 Å². The van der Waals surface area contributed by atoms with Gasteiger partial charge in [0.15, 0.2) is 0 Å². The third-order valence-electron chi connectivity index (χ3n) is 2.57. The Morgan fingerprint density at radius 3 is 1.05 bits per heavy atom. The Morgan fingerprint density at radius 2 is 0.850 bits per heavy atom. The van der Waals surface area contributed by atoms with Crippen LogP contribution in [0.3, 0.4) is 0 Å². The van der Waals surface area contributed by atoms with Gasteiger partial charge in [-0.1, -0.05) is 48.5 Å². The molecule has 0 amide bonds. The van der Waals surface area contributed by atoms with E-state index in [0.717, 1.165) is 11.1 Å². The summed E-state index contributed by atoms with van der Waals surface area (Å²) in [5, 5.41) is 21.2. The summed E-state index contributed by atoms with van der Waals surface area (Å²) >= 11 is 0. The van der Waals surface area contributed by atoms with Crippen LogP contribution < -0.4 is 47.9 Å². The van der Waals surface area contributed by atoms with Crippen molar-refractivity contribution >= 4 is 11.9 Å². The van der Waals surface area contributed by atoms with Crippen LogP contribution in [0.1, 0.15) is 20.7 Å². The standard InChI is InChI=1S/C14H10O4.2Li/c15-13(16)11-5-1-9(2-6-11)10-3-7-12(8-4-10)14(17)18;;/h1-8H,(H,15,16)(H,17,18);;/q;2*+1/p-2. The Bertz CT molecular complexity index is 536. The molecule has 4 nitrogen and oxygen atoms in total. The van der Waals surface area contributed by atoms with Crippen molar-refractivity contribution in [3.63, 3.8) is 0 Å². The Kier molecular flexibility index (Phi) is 7.43. The molecule has 0 atom stereocenters. The van der Waals surface area contributed by atoms with Gasteiger partial charge < -0.3 is 19.8 Å². The molecule has 2 aromatic rings. The van der Waals surface area contributed by atoms with Crippen LogP contribution in [0.2, 0.25) is 0 Å². The zero-order chi connectivity index (χ0) is 13.1. The Morgan fingerprint density at radius 1 is 0.600 bits per heavy atom. The zero-order valence-electron chi connectivity index (χ0n) is 11.3. The molecule has 0 aliphatic rings. The molecule has 20 heavy (non-hydrogen) atoms. The summed E-state index contributed by atoms with van der Waals surface area (Å²) in [5.74, 6) is -2.46. The number of carboxylic acid groups (broad SMARTS) is 2. The third kappa shape index (κ3) is 4.30. The second-order valence-electron chi connectivity index (χ2n) is 3.73. The van der Waals surface area contributed by atoms with Crippen LogP contribution in [0, 0.1) is 0 Å². The molecule has 90 valence electrons. The van der Waals surface area contributed by atoms with Crippen LogP contribution in [0.4, 0.5) is 0 Å². The van der Waals surface area contributed by atoms with Crippen molar-refractivity contribution < 1.29 is 57.5 Å². The van der Waals surface area contributed by atoms with E-state index in [1.54, 1.807) is 24.3 Å². The van der Waals surface area contributed by atoms with Crippen LogP contribution in [0.15, 0.2) is 48.5 Å². The fraction of sp³-hybridized carbons (Fsp3) is 0. The summed E-state index contributed by atoms with van der Waals surface area (Å²) in [5.41, 5.74) is 1.80. The van der Waals surface area contributed by atoms with E-state index in [9.17, 15) is 19.8 Å². The van der Waals surface area contributed by atoms with Crippen molar-refractivity contribution in [2.24, 2.45) is 0 Å². The third-order valence-corrected chi connectivity index (χ3v) is 2.57. The molecule has 0 unspecified atom stereocenters. The minimum atomic E-state index is -1.23. The van der Waals surface area contributed by atoms with Gasteiger partial charge in [0.2, 0.25) is 0 Å². The number of carboxylic acids is 2. The first-order chi connectivity index (χ1) is 8.58. The quantitative estimate of drug-likeness (QED) is 0.511. The molecule has 2 rings (SSSR count). The van der Waals surface area contributed by atoms with Crippen molar-refractivity contribution in [1.29, 1.82) is 0 Å². The molecule has 0 aliphatic heterocycles. The molecule has 0 radical (unpaired) electrons. The smallest absolute Gasteiger partial charge is 0.545 e. The fourth-order valence-corrected chi connectivity index (χ4v) is 1.60. The predicted molar refractivity (Wildman–Crippen MR) is 60.5 cm³/mol. The number of aromatic carboxylic acids is 2.